The van der Waals surface area contributed by atoms with E-state index in [0.717, 1.165) is 47.8 Å². The third-order valence-electron chi connectivity index (χ3n) is 4.73. The molecule has 0 atom stereocenters. The van der Waals surface area contributed by atoms with Gasteiger partial charge in [0, 0.05) is 30.9 Å². The van der Waals surface area contributed by atoms with Gasteiger partial charge >= 0.3 is 0 Å². The number of fused-ring (bicyclic) bond motifs is 1. The lowest BCUT2D eigenvalue weighted by Gasteiger charge is -2.16. The molecule has 1 aromatic carbocycles. The van der Waals surface area contributed by atoms with Crippen molar-refractivity contribution in [3.8, 4) is 5.69 Å². The second-order valence-electron chi connectivity index (χ2n) is 6.57. The molecule has 1 aliphatic rings. The van der Waals surface area contributed by atoms with Crippen LogP contribution in [0.2, 0.25) is 0 Å². The Balaban J connectivity index is 1.50. The Hall–Kier alpha value is -2.93. The van der Waals surface area contributed by atoms with Crippen molar-refractivity contribution < 1.29 is 4.79 Å². The average Bonchev–Trinajstić information content (AvgIpc) is 3.24. The molecule has 2 N–H and O–H groups in total. The van der Waals surface area contributed by atoms with Gasteiger partial charge in [-0.1, -0.05) is 18.2 Å². The van der Waals surface area contributed by atoms with Crippen LogP contribution in [0.3, 0.4) is 0 Å². The van der Waals surface area contributed by atoms with Gasteiger partial charge in [0.05, 0.1) is 24.1 Å². The predicted molar refractivity (Wildman–Crippen MR) is 98.1 cm³/mol. The number of carbonyl (C=O) groups is 1. The summed E-state index contributed by atoms with van der Waals surface area (Å²) in [5.74, 6) is -0.177. The van der Waals surface area contributed by atoms with Gasteiger partial charge in [-0.25, -0.2) is 4.68 Å². The summed E-state index contributed by atoms with van der Waals surface area (Å²) in [6.07, 6.45) is 1.83. The first-order valence-electron chi connectivity index (χ1n) is 8.78. The summed E-state index contributed by atoms with van der Waals surface area (Å²) in [6, 6.07) is 9.82. The van der Waals surface area contributed by atoms with Gasteiger partial charge in [-0.05, 0) is 31.5 Å². The van der Waals surface area contributed by atoms with Crippen LogP contribution in [0.15, 0.2) is 36.5 Å². The van der Waals surface area contributed by atoms with Crippen molar-refractivity contribution in [1.82, 2.24) is 30.2 Å². The second kappa shape index (κ2) is 6.76. The number of hydrogen-bond donors (Lipinski definition) is 2. The molecule has 7 nitrogen and oxygen atoms in total. The van der Waals surface area contributed by atoms with E-state index in [9.17, 15) is 4.79 Å². The number of nitrogens with one attached hydrogen (secondary N) is 2. The molecule has 0 bridgehead atoms. The van der Waals surface area contributed by atoms with Crippen LogP contribution in [0, 0.1) is 13.8 Å². The van der Waals surface area contributed by atoms with E-state index < -0.39 is 0 Å². The Labute approximate surface area is 152 Å². The lowest BCUT2D eigenvalue weighted by Crippen LogP contribution is -2.30. The minimum Gasteiger partial charge on any atom is -0.346 e. The van der Waals surface area contributed by atoms with Crippen molar-refractivity contribution in [3.05, 3.63) is 64.7 Å². The highest BCUT2D eigenvalue weighted by atomic mass is 16.1. The molecule has 3 heterocycles. The molecule has 0 unspecified atom stereocenters. The monoisotopic (exact) mass is 350 g/mol. The van der Waals surface area contributed by atoms with Crippen molar-refractivity contribution in [2.24, 2.45) is 0 Å². The summed E-state index contributed by atoms with van der Waals surface area (Å²) in [5.41, 5.74) is 5.63. The first-order valence-corrected chi connectivity index (χ1v) is 8.78. The first-order chi connectivity index (χ1) is 12.6. The maximum absolute atomic E-state index is 12.6. The summed E-state index contributed by atoms with van der Waals surface area (Å²) >= 11 is 0. The lowest BCUT2D eigenvalue weighted by atomic mass is 10.2. The fourth-order valence-corrected chi connectivity index (χ4v) is 3.28. The first kappa shape index (κ1) is 16.5. The number of para-hydroxylation sites is 1. The van der Waals surface area contributed by atoms with Gasteiger partial charge in [-0.3, -0.25) is 9.48 Å². The molecule has 26 heavy (non-hydrogen) atoms. The number of carbonyl (C=O) groups excluding carboxylic acids is 1. The highest BCUT2D eigenvalue weighted by Gasteiger charge is 2.17. The van der Waals surface area contributed by atoms with Crippen LogP contribution < -0.4 is 10.6 Å². The maximum Gasteiger partial charge on any atom is 0.272 e. The molecule has 0 spiro atoms. The minimum absolute atomic E-state index is 0.177. The van der Waals surface area contributed by atoms with Crippen LogP contribution in [0.5, 0.6) is 0 Å². The molecular weight excluding hydrogens is 328 g/mol. The van der Waals surface area contributed by atoms with Crippen LogP contribution >= 0.6 is 0 Å². The number of aryl methyl sites for hydroxylation is 2. The molecule has 0 aliphatic carbocycles. The maximum atomic E-state index is 12.6. The van der Waals surface area contributed by atoms with Crippen molar-refractivity contribution in [2.75, 3.05) is 6.54 Å². The third kappa shape index (κ3) is 3.01. The topological polar surface area (TPSA) is 76.8 Å². The van der Waals surface area contributed by atoms with Gasteiger partial charge in [0.25, 0.3) is 5.91 Å². The van der Waals surface area contributed by atoms with Crippen molar-refractivity contribution >= 4 is 5.91 Å². The number of nitrogens with zero attached hydrogens (tertiary/aromatic N) is 4. The third-order valence-corrected chi connectivity index (χ3v) is 4.73. The number of benzene rings is 1. The summed E-state index contributed by atoms with van der Waals surface area (Å²) < 4.78 is 3.81. The molecule has 134 valence electrons. The van der Waals surface area contributed by atoms with E-state index in [1.54, 1.807) is 0 Å². The highest BCUT2D eigenvalue weighted by molar-refractivity contribution is 5.92. The Bertz CT molecular complexity index is 955. The fourth-order valence-electron chi connectivity index (χ4n) is 3.28. The molecule has 0 saturated heterocycles. The molecule has 0 saturated carbocycles. The second-order valence-corrected chi connectivity index (χ2v) is 6.57. The van der Waals surface area contributed by atoms with Crippen LogP contribution in [0.25, 0.3) is 5.69 Å². The van der Waals surface area contributed by atoms with Crippen LogP contribution in [-0.4, -0.2) is 32.0 Å². The van der Waals surface area contributed by atoms with Gasteiger partial charge < -0.3 is 10.6 Å². The zero-order valence-corrected chi connectivity index (χ0v) is 15.0. The summed E-state index contributed by atoms with van der Waals surface area (Å²) in [6.45, 7) is 7.02. The molecule has 2 aromatic heterocycles. The molecule has 1 amide bonds. The zero-order chi connectivity index (χ0) is 18.1. The minimum atomic E-state index is -0.177. The largest absolute Gasteiger partial charge is 0.346 e. The van der Waals surface area contributed by atoms with Gasteiger partial charge in [0.15, 0.2) is 5.69 Å². The molecule has 0 fully saturated rings. The smallest absolute Gasteiger partial charge is 0.272 e. The molecule has 3 aromatic rings. The van der Waals surface area contributed by atoms with Crippen LogP contribution in [-0.2, 0) is 19.6 Å². The Morgan fingerprint density at radius 1 is 1.31 bits per heavy atom. The fraction of sp³-hybridized carbons (Fsp3) is 0.316. The number of rotatable bonds is 4. The Morgan fingerprint density at radius 2 is 2.15 bits per heavy atom. The normalized spacial score (nSPS) is 13.5. The predicted octanol–water partition coefficient (Wildman–Crippen LogP) is 1.72. The Morgan fingerprint density at radius 3 is 3.00 bits per heavy atom. The van der Waals surface area contributed by atoms with E-state index in [0.29, 0.717) is 12.2 Å². The Kier molecular flexibility index (Phi) is 4.30. The highest BCUT2D eigenvalue weighted by Crippen LogP contribution is 2.16. The lowest BCUT2D eigenvalue weighted by molar-refractivity contribution is 0.0945. The molecule has 0 radical (unpaired) electrons. The van der Waals surface area contributed by atoms with Crippen LogP contribution in [0.1, 0.15) is 33.0 Å². The van der Waals surface area contributed by atoms with Crippen molar-refractivity contribution in [1.29, 1.82) is 0 Å². The zero-order valence-electron chi connectivity index (χ0n) is 15.0. The quantitative estimate of drug-likeness (QED) is 0.751. The number of aromatic nitrogens is 4. The van der Waals surface area contributed by atoms with E-state index in [4.69, 9.17) is 0 Å². The van der Waals surface area contributed by atoms with Crippen LogP contribution in [0.4, 0.5) is 0 Å². The van der Waals surface area contributed by atoms with Gasteiger partial charge in [-0.15, -0.1) is 0 Å². The average molecular weight is 350 g/mol. The standard InChI is InChI=1S/C19H22N6O/c1-13-5-3-4-6-17(13)25-14(2)9-16(23-25)19(26)21-10-15-11-22-24-8-7-20-12-18(15)24/h3-6,9,11,20H,7-8,10,12H2,1-2H3,(H,21,26). The van der Waals surface area contributed by atoms with Gasteiger partial charge in [0.2, 0.25) is 0 Å². The van der Waals surface area contributed by atoms with E-state index in [-0.39, 0.29) is 5.91 Å². The van der Waals surface area contributed by atoms with Gasteiger partial charge in [0.1, 0.15) is 0 Å². The molecule has 4 rings (SSSR count). The summed E-state index contributed by atoms with van der Waals surface area (Å²) in [4.78, 5) is 12.6. The number of hydrogen-bond acceptors (Lipinski definition) is 4. The van der Waals surface area contributed by atoms with Crippen molar-refractivity contribution in [2.45, 2.75) is 33.5 Å². The van der Waals surface area contributed by atoms with E-state index in [1.165, 1.54) is 0 Å². The SMILES string of the molecule is Cc1ccccc1-n1nc(C(=O)NCc2cnn3c2CNCC3)cc1C. The molecule has 1 aliphatic heterocycles. The molecular formula is C19H22N6O. The van der Waals surface area contributed by atoms with Gasteiger partial charge in [-0.2, -0.15) is 10.2 Å². The van der Waals surface area contributed by atoms with E-state index in [1.807, 2.05) is 59.7 Å². The van der Waals surface area contributed by atoms with Crippen molar-refractivity contribution in [3.63, 3.8) is 0 Å². The molecule has 7 heteroatoms. The summed E-state index contributed by atoms with van der Waals surface area (Å²) in [7, 11) is 0. The summed E-state index contributed by atoms with van der Waals surface area (Å²) in [5, 5.41) is 15.2. The van der Waals surface area contributed by atoms with E-state index >= 15 is 0 Å². The van der Waals surface area contributed by atoms with E-state index in [2.05, 4.69) is 20.8 Å². The number of amides is 1.